The maximum Gasteiger partial charge on any atom is 0.115 e. The van der Waals surface area contributed by atoms with Crippen molar-refractivity contribution in [3.05, 3.63) is 71.8 Å². The number of piperidine rings is 1. The Bertz CT molecular complexity index is 788. The molecule has 1 saturated carbocycles. The standard InChI is InChI=1S/C24H29NO2/c26-21-12-6-11-20(18-21)24-14-7-13-22(23(24)27)25(17-15-24)16-5-4-10-19-8-2-1-3-9-19/h1-4,6,8-12,18,22-23,26-27H,5,7,13-17H2/t22-,23-,24-/m0/s1. The molecular formula is C24H29NO2. The van der Waals surface area contributed by atoms with Crippen molar-refractivity contribution in [2.45, 2.75) is 49.7 Å². The summed E-state index contributed by atoms with van der Waals surface area (Å²) in [5.41, 5.74) is 2.14. The van der Waals surface area contributed by atoms with E-state index in [4.69, 9.17) is 0 Å². The highest BCUT2D eigenvalue weighted by molar-refractivity contribution is 5.48. The molecule has 2 aliphatic rings. The van der Waals surface area contributed by atoms with E-state index < -0.39 is 0 Å². The Hall–Kier alpha value is -2.10. The minimum Gasteiger partial charge on any atom is -0.508 e. The fourth-order valence-corrected chi connectivity index (χ4v) is 5.04. The maximum atomic E-state index is 11.2. The van der Waals surface area contributed by atoms with E-state index in [2.05, 4.69) is 47.4 Å². The van der Waals surface area contributed by atoms with Crippen molar-refractivity contribution < 1.29 is 10.2 Å². The molecule has 0 amide bonds. The van der Waals surface area contributed by atoms with Crippen LogP contribution in [0.25, 0.3) is 6.08 Å². The second-order valence-electron chi connectivity index (χ2n) is 8.00. The molecule has 2 aromatic rings. The summed E-state index contributed by atoms with van der Waals surface area (Å²) in [5.74, 6) is 0.296. The molecule has 0 spiro atoms. The normalized spacial score (nSPS) is 28.5. The van der Waals surface area contributed by atoms with Crippen molar-refractivity contribution in [3.63, 3.8) is 0 Å². The van der Waals surface area contributed by atoms with Gasteiger partial charge in [0.05, 0.1) is 6.10 Å². The maximum absolute atomic E-state index is 11.2. The first-order chi connectivity index (χ1) is 13.2. The van der Waals surface area contributed by atoms with Crippen molar-refractivity contribution in [3.8, 4) is 5.75 Å². The summed E-state index contributed by atoms with van der Waals surface area (Å²) in [7, 11) is 0. The van der Waals surface area contributed by atoms with Crippen LogP contribution < -0.4 is 0 Å². The molecule has 3 nitrogen and oxygen atoms in total. The molecule has 2 N–H and O–H groups in total. The minimum absolute atomic E-state index is 0.196. The largest absolute Gasteiger partial charge is 0.508 e. The highest BCUT2D eigenvalue weighted by Gasteiger charge is 2.50. The van der Waals surface area contributed by atoms with Gasteiger partial charge in [0, 0.05) is 18.0 Å². The highest BCUT2D eigenvalue weighted by atomic mass is 16.3. The molecule has 2 bridgehead atoms. The molecule has 1 saturated heterocycles. The molecule has 1 aliphatic heterocycles. The summed E-state index contributed by atoms with van der Waals surface area (Å²) in [4.78, 5) is 2.47. The highest BCUT2D eigenvalue weighted by Crippen LogP contribution is 2.47. The summed E-state index contributed by atoms with van der Waals surface area (Å²) in [5, 5.41) is 21.2. The van der Waals surface area contributed by atoms with Crippen molar-refractivity contribution in [2.75, 3.05) is 13.1 Å². The van der Waals surface area contributed by atoms with Crippen molar-refractivity contribution in [1.29, 1.82) is 0 Å². The lowest BCUT2D eigenvalue weighted by molar-refractivity contribution is -0.0759. The van der Waals surface area contributed by atoms with Crippen molar-refractivity contribution in [1.82, 2.24) is 4.90 Å². The molecule has 3 heteroatoms. The molecule has 1 aliphatic carbocycles. The quantitative estimate of drug-likeness (QED) is 0.830. The van der Waals surface area contributed by atoms with Gasteiger partial charge in [0.25, 0.3) is 0 Å². The zero-order chi connectivity index (χ0) is 18.7. The van der Waals surface area contributed by atoms with Crippen LogP contribution in [0.2, 0.25) is 0 Å². The summed E-state index contributed by atoms with van der Waals surface area (Å²) < 4.78 is 0. The van der Waals surface area contributed by atoms with E-state index in [1.807, 2.05) is 18.2 Å². The van der Waals surface area contributed by atoms with Gasteiger partial charge in [-0.3, -0.25) is 4.90 Å². The van der Waals surface area contributed by atoms with Crippen LogP contribution in [-0.4, -0.2) is 40.3 Å². The smallest absolute Gasteiger partial charge is 0.115 e. The summed E-state index contributed by atoms with van der Waals surface area (Å²) >= 11 is 0. The third kappa shape index (κ3) is 3.67. The van der Waals surface area contributed by atoms with Crippen molar-refractivity contribution >= 4 is 6.08 Å². The van der Waals surface area contributed by atoms with Crippen LogP contribution >= 0.6 is 0 Å². The summed E-state index contributed by atoms with van der Waals surface area (Å²) in [6, 6.07) is 18.1. The van der Waals surface area contributed by atoms with Gasteiger partial charge in [-0.05, 0) is 55.5 Å². The first-order valence-electron chi connectivity index (χ1n) is 10.1. The number of phenolic OH excluding ortho intramolecular Hbond substituents is 1. The van der Waals surface area contributed by atoms with Crippen LogP contribution in [-0.2, 0) is 5.41 Å². The lowest BCUT2D eigenvalue weighted by atomic mass is 9.61. The number of rotatable bonds is 5. The number of phenols is 1. The number of aliphatic hydroxyl groups excluding tert-OH is 1. The number of aromatic hydroxyl groups is 1. The Labute approximate surface area is 162 Å². The molecule has 3 atom stereocenters. The van der Waals surface area contributed by atoms with E-state index in [-0.39, 0.29) is 17.6 Å². The summed E-state index contributed by atoms with van der Waals surface area (Å²) in [6.45, 7) is 2.00. The van der Waals surface area contributed by atoms with Gasteiger partial charge in [-0.15, -0.1) is 0 Å². The van der Waals surface area contributed by atoms with E-state index in [0.29, 0.717) is 5.75 Å². The van der Waals surface area contributed by atoms with Gasteiger partial charge >= 0.3 is 0 Å². The molecule has 4 rings (SSSR count). The van der Waals surface area contributed by atoms with Crippen LogP contribution in [0.3, 0.4) is 0 Å². The number of hydrogen-bond acceptors (Lipinski definition) is 3. The molecule has 0 radical (unpaired) electrons. The van der Waals surface area contributed by atoms with E-state index in [1.165, 1.54) is 5.56 Å². The SMILES string of the molecule is Oc1cccc([C@@]23CCC[C@@H]([C@@H]2O)N(CCC=Cc2ccccc2)CC3)c1. The van der Waals surface area contributed by atoms with Crippen molar-refractivity contribution in [2.24, 2.45) is 0 Å². The Balaban J connectivity index is 1.43. The van der Waals surface area contributed by atoms with Gasteiger partial charge in [-0.2, -0.15) is 0 Å². The molecule has 1 heterocycles. The Morgan fingerprint density at radius 3 is 2.74 bits per heavy atom. The molecule has 0 unspecified atom stereocenters. The van der Waals surface area contributed by atoms with E-state index in [1.54, 1.807) is 6.07 Å². The van der Waals surface area contributed by atoms with E-state index in [9.17, 15) is 10.2 Å². The monoisotopic (exact) mass is 363 g/mol. The Morgan fingerprint density at radius 2 is 1.93 bits per heavy atom. The van der Waals surface area contributed by atoms with E-state index >= 15 is 0 Å². The van der Waals surface area contributed by atoms with Crippen LogP contribution in [0.5, 0.6) is 5.75 Å². The average Bonchev–Trinajstić information content (AvgIpc) is 2.68. The summed E-state index contributed by atoms with van der Waals surface area (Å²) in [6.07, 6.45) is 9.21. The predicted molar refractivity (Wildman–Crippen MR) is 110 cm³/mol. The predicted octanol–water partition coefficient (Wildman–Crippen LogP) is 4.35. The van der Waals surface area contributed by atoms with E-state index in [0.717, 1.165) is 50.8 Å². The van der Waals surface area contributed by atoms with Crippen LogP contribution in [0, 0.1) is 0 Å². The number of fused-ring (bicyclic) bond motifs is 2. The third-order valence-corrected chi connectivity index (χ3v) is 6.48. The van der Waals surface area contributed by atoms with Gasteiger partial charge in [0.1, 0.15) is 5.75 Å². The number of nitrogens with zero attached hydrogens (tertiary/aromatic N) is 1. The zero-order valence-corrected chi connectivity index (χ0v) is 15.8. The number of benzene rings is 2. The molecule has 2 aromatic carbocycles. The second-order valence-corrected chi connectivity index (χ2v) is 8.00. The Kier molecular flexibility index (Phi) is 5.33. The molecule has 2 fully saturated rings. The van der Waals surface area contributed by atoms with Gasteiger partial charge in [0.15, 0.2) is 0 Å². The third-order valence-electron chi connectivity index (χ3n) is 6.48. The molecule has 142 valence electrons. The molecule has 27 heavy (non-hydrogen) atoms. The fraction of sp³-hybridized carbons (Fsp3) is 0.417. The lowest BCUT2D eigenvalue weighted by Crippen LogP contribution is -2.62. The van der Waals surface area contributed by atoms with Gasteiger partial charge in [-0.1, -0.05) is 61.0 Å². The average molecular weight is 364 g/mol. The second kappa shape index (κ2) is 7.87. The molecular weight excluding hydrogens is 334 g/mol. The number of likely N-dealkylation sites (tertiary alicyclic amines) is 1. The first kappa shape index (κ1) is 18.3. The van der Waals surface area contributed by atoms with Crippen LogP contribution in [0.1, 0.15) is 43.2 Å². The lowest BCUT2D eigenvalue weighted by Gasteiger charge is -2.54. The first-order valence-corrected chi connectivity index (χ1v) is 10.1. The van der Waals surface area contributed by atoms with Crippen LogP contribution in [0.4, 0.5) is 0 Å². The van der Waals surface area contributed by atoms with Gasteiger partial charge in [-0.25, -0.2) is 0 Å². The minimum atomic E-state index is -0.361. The molecule has 0 aromatic heterocycles. The number of aliphatic hydroxyl groups is 1. The Morgan fingerprint density at radius 1 is 1.07 bits per heavy atom. The van der Waals surface area contributed by atoms with Crippen LogP contribution in [0.15, 0.2) is 60.7 Å². The van der Waals surface area contributed by atoms with Gasteiger partial charge < -0.3 is 10.2 Å². The fourth-order valence-electron chi connectivity index (χ4n) is 5.04. The zero-order valence-electron chi connectivity index (χ0n) is 15.8. The van der Waals surface area contributed by atoms with Gasteiger partial charge in [0.2, 0.25) is 0 Å². The number of hydrogen-bond donors (Lipinski definition) is 2. The topological polar surface area (TPSA) is 43.7 Å².